The lowest BCUT2D eigenvalue weighted by Gasteiger charge is -2.09. The van der Waals surface area contributed by atoms with Gasteiger partial charge in [0, 0.05) is 10.9 Å². The first-order valence-corrected chi connectivity index (χ1v) is 6.37. The van der Waals surface area contributed by atoms with E-state index >= 15 is 0 Å². The van der Waals surface area contributed by atoms with Crippen molar-refractivity contribution >= 4 is 21.6 Å². The molecule has 2 N–H and O–H groups in total. The van der Waals surface area contributed by atoms with E-state index in [2.05, 4.69) is 15.9 Å². The van der Waals surface area contributed by atoms with Crippen LogP contribution >= 0.6 is 15.9 Å². The van der Waals surface area contributed by atoms with Crippen molar-refractivity contribution in [2.75, 3.05) is 12.3 Å². The second-order valence-electron chi connectivity index (χ2n) is 3.91. The lowest BCUT2D eigenvalue weighted by atomic mass is 10.2. The molecule has 0 saturated heterocycles. The lowest BCUT2D eigenvalue weighted by Crippen LogP contribution is -2.03. The average molecular weight is 310 g/mol. The Morgan fingerprint density at radius 2 is 1.83 bits per heavy atom. The van der Waals surface area contributed by atoms with Crippen LogP contribution in [0.4, 0.5) is 10.1 Å². The van der Waals surface area contributed by atoms with E-state index in [0.717, 1.165) is 10.0 Å². The predicted octanol–water partition coefficient (Wildman–Crippen LogP) is 3.79. The van der Waals surface area contributed by atoms with Gasteiger partial charge in [-0.25, -0.2) is 4.39 Å². The number of anilines is 1. The van der Waals surface area contributed by atoms with Crippen LogP contribution in [0.3, 0.4) is 0 Å². The molecule has 0 saturated carbocycles. The van der Waals surface area contributed by atoms with E-state index in [-0.39, 0.29) is 5.82 Å². The minimum absolute atomic E-state index is 0.226. The molecular weight excluding hydrogens is 297 g/mol. The SMILES string of the molecule is Nc1ccc(Br)cc1OCCc1ccc(F)cc1. The first-order valence-electron chi connectivity index (χ1n) is 5.57. The molecule has 0 aliphatic carbocycles. The van der Waals surface area contributed by atoms with Crippen molar-refractivity contribution in [2.24, 2.45) is 0 Å². The van der Waals surface area contributed by atoms with Crippen LogP contribution in [0.1, 0.15) is 5.56 Å². The van der Waals surface area contributed by atoms with Crippen molar-refractivity contribution < 1.29 is 9.13 Å². The van der Waals surface area contributed by atoms with E-state index < -0.39 is 0 Å². The summed E-state index contributed by atoms with van der Waals surface area (Å²) in [5.74, 6) is 0.433. The van der Waals surface area contributed by atoms with Crippen molar-refractivity contribution in [2.45, 2.75) is 6.42 Å². The molecule has 0 bridgehead atoms. The smallest absolute Gasteiger partial charge is 0.143 e. The number of ether oxygens (including phenoxy) is 1. The van der Waals surface area contributed by atoms with Gasteiger partial charge in [-0.05, 0) is 35.9 Å². The Kier molecular flexibility index (Phi) is 4.20. The number of rotatable bonds is 4. The van der Waals surface area contributed by atoms with Crippen LogP contribution in [-0.4, -0.2) is 6.61 Å². The fourth-order valence-electron chi connectivity index (χ4n) is 1.56. The van der Waals surface area contributed by atoms with Crippen LogP contribution in [0, 0.1) is 5.82 Å². The second-order valence-corrected chi connectivity index (χ2v) is 4.82. The molecule has 0 fully saturated rings. The van der Waals surface area contributed by atoms with E-state index in [1.54, 1.807) is 18.2 Å². The number of nitrogens with two attached hydrogens (primary N) is 1. The molecule has 2 aromatic rings. The Balaban J connectivity index is 1.92. The highest BCUT2D eigenvalue weighted by molar-refractivity contribution is 9.10. The van der Waals surface area contributed by atoms with E-state index in [4.69, 9.17) is 10.5 Å². The quantitative estimate of drug-likeness (QED) is 0.872. The predicted molar refractivity (Wildman–Crippen MR) is 74.2 cm³/mol. The van der Waals surface area contributed by atoms with Gasteiger partial charge in [0.05, 0.1) is 12.3 Å². The number of hydrogen-bond donors (Lipinski definition) is 1. The van der Waals surface area contributed by atoms with Gasteiger partial charge in [0.2, 0.25) is 0 Å². The number of benzene rings is 2. The second kappa shape index (κ2) is 5.87. The molecule has 18 heavy (non-hydrogen) atoms. The van der Waals surface area contributed by atoms with Gasteiger partial charge >= 0.3 is 0 Å². The van der Waals surface area contributed by atoms with Crippen LogP contribution in [0.25, 0.3) is 0 Å². The highest BCUT2D eigenvalue weighted by Gasteiger charge is 2.01. The fraction of sp³-hybridized carbons (Fsp3) is 0.143. The van der Waals surface area contributed by atoms with Crippen molar-refractivity contribution in [1.82, 2.24) is 0 Å². The van der Waals surface area contributed by atoms with E-state index in [1.807, 2.05) is 12.1 Å². The molecule has 0 radical (unpaired) electrons. The molecule has 0 aromatic heterocycles. The van der Waals surface area contributed by atoms with Gasteiger partial charge in [0.1, 0.15) is 11.6 Å². The molecule has 94 valence electrons. The Morgan fingerprint density at radius 1 is 1.11 bits per heavy atom. The van der Waals surface area contributed by atoms with Gasteiger partial charge in [-0.3, -0.25) is 0 Å². The molecule has 0 aliphatic heterocycles. The van der Waals surface area contributed by atoms with Gasteiger partial charge in [-0.2, -0.15) is 0 Å². The van der Waals surface area contributed by atoms with E-state index in [9.17, 15) is 4.39 Å². The first kappa shape index (κ1) is 12.9. The lowest BCUT2D eigenvalue weighted by molar-refractivity contribution is 0.323. The van der Waals surface area contributed by atoms with Crippen LogP contribution in [0.5, 0.6) is 5.75 Å². The minimum Gasteiger partial charge on any atom is -0.491 e. The van der Waals surface area contributed by atoms with Crippen LogP contribution in [0.2, 0.25) is 0 Å². The third-order valence-electron chi connectivity index (χ3n) is 2.54. The molecule has 4 heteroatoms. The third kappa shape index (κ3) is 3.47. The van der Waals surface area contributed by atoms with Gasteiger partial charge in [0.15, 0.2) is 0 Å². The molecule has 2 rings (SSSR count). The third-order valence-corrected chi connectivity index (χ3v) is 3.03. The number of halogens is 2. The Hall–Kier alpha value is -1.55. The molecular formula is C14H13BrFNO. The summed E-state index contributed by atoms with van der Waals surface area (Å²) >= 11 is 3.36. The number of hydrogen-bond acceptors (Lipinski definition) is 2. The zero-order valence-electron chi connectivity index (χ0n) is 9.70. The van der Waals surface area contributed by atoms with Crippen molar-refractivity contribution in [3.63, 3.8) is 0 Å². The summed E-state index contributed by atoms with van der Waals surface area (Å²) in [5.41, 5.74) is 7.43. The zero-order valence-corrected chi connectivity index (χ0v) is 11.3. The Morgan fingerprint density at radius 3 is 2.56 bits per heavy atom. The summed E-state index contributed by atoms with van der Waals surface area (Å²) < 4.78 is 19.2. The molecule has 2 nitrogen and oxygen atoms in total. The molecule has 2 aromatic carbocycles. The first-order chi connectivity index (χ1) is 8.65. The number of nitrogen functional groups attached to an aromatic ring is 1. The van der Waals surface area contributed by atoms with E-state index in [0.29, 0.717) is 24.5 Å². The average Bonchev–Trinajstić information content (AvgIpc) is 2.36. The van der Waals surface area contributed by atoms with Crippen LogP contribution < -0.4 is 10.5 Å². The largest absolute Gasteiger partial charge is 0.491 e. The fourth-order valence-corrected chi connectivity index (χ4v) is 1.90. The maximum atomic E-state index is 12.7. The maximum absolute atomic E-state index is 12.7. The minimum atomic E-state index is -0.226. The molecule has 0 heterocycles. The van der Waals surface area contributed by atoms with Gasteiger partial charge in [-0.15, -0.1) is 0 Å². The van der Waals surface area contributed by atoms with Gasteiger partial charge < -0.3 is 10.5 Å². The molecule has 0 unspecified atom stereocenters. The van der Waals surface area contributed by atoms with Crippen LogP contribution in [-0.2, 0) is 6.42 Å². The Labute approximate surface area is 114 Å². The monoisotopic (exact) mass is 309 g/mol. The topological polar surface area (TPSA) is 35.2 Å². The zero-order chi connectivity index (χ0) is 13.0. The van der Waals surface area contributed by atoms with Crippen LogP contribution in [0.15, 0.2) is 46.9 Å². The van der Waals surface area contributed by atoms with Gasteiger partial charge in [0.25, 0.3) is 0 Å². The normalized spacial score (nSPS) is 10.3. The maximum Gasteiger partial charge on any atom is 0.143 e. The summed E-state index contributed by atoms with van der Waals surface area (Å²) in [6.07, 6.45) is 0.715. The van der Waals surface area contributed by atoms with Crippen molar-refractivity contribution in [3.8, 4) is 5.75 Å². The highest BCUT2D eigenvalue weighted by Crippen LogP contribution is 2.25. The van der Waals surface area contributed by atoms with Gasteiger partial charge in [-0.1, -0.05) is 28.1 Å². The molecule has 0 spiro atoms. The Bertz CT molecular complexity index is 528. The summed E-state index contributed by atoms with van der Waals surface area (Å²) in [6.45, 7) is 0.506. The summed E-state index contributed by atoms with van der Waals surface area (Å²) in [6, 6.07) is 11.9. The standard InChI is InChI=1S/C14H13BrFNO/c15-11-3-6-13(17)14(9-11)18-8-7-10-1-4-12(16)5-2-10/h1-6,9H,7-8,17H2. The summed E-state index contributed by atoms with van der Waals surface area (Å²) in [5, 5.41) is 0. The van der Waals surface area contributed by atoms with Crippen molar-refractivity contribution in [1.29, 1.82) is 0 Å². The summed E-state index contributed by atoms with van der Waals surface area (Å²) in [7, 11) is 0. The highest BCUT2D eigenvalue weighted by atomic mass is 79.9. The summed E-state index contributed by atoms with van der Waals surface area (Å²) in [4.78, 5) is 0. The molecule has 0 aliphatic rings. The molecule has 0 atom stereocenters. The van der Waals surface area contributed by atoms with Crippen molar-refractivity contribution in [3.05, 3.63) is 58.3 Å². The molecule has 0 amide bonds. The van der Waals surface area contributed by atoms with E-state index in [1.165, 1.54) is 12.1 Å².